The van der Waals surface area contributed by atoms with Crippen LogP contribution in [0.25, 0.3) is 5.57 Å². The van der Waals surface area contributed by atoms with Crippen LogP contribution in [0.4, 0.5) is 8.78 Å². The van der Waals surface area contributed by atoms with E-state index in [0.717, 1.165) is 0 Å². The topological polar surface area (TPSA) is 26.0 Å². The highest BCUT2D eigenvalue weighted by molar-refractivity contribution is 5.65. The molecule has 1 nitrogen and oxygen atoms in total. The Bertz CT molecular complexity index is 322. The molecule has 0 atom stereocenters. The van der Waals surface area contributed by atoms with Crippen molar-refractivity contribution < 1.29 is 8.78 Å². The molecule has 0 unspecified atom stereocenters. The number of nitrogens with two attached hydrogens (primary N) is 1. The van der Waals surface area contributed by atoms with E-state index in [-0.39, 0.29) is 17.7 Å². The van der Waals surface area contributed by atoms with Gasteiger partial charge in [0.25, 0.3) is 0 Å². The van der Waals surface area contributed by atoms with Crippen LogP contribution >= 0.6 is 0 Å². The van der Waals surface area contributed by atoms with Crippen LogP contribution in [0.1, 0.15) is 11.1 Å². The maximum absolute atomic E-state index is 13.2. The van der Waals surface area contributed by atoms with E-state index >= 15 is 0 Å². The first-order valence-corrected chi connectivity index (χ1v) is 3.90. The number of benzene rings is 1. The summed E-state index contributed by atoms with van der Waals surface area (Å²) in [4.78, 5) is 0. The Morgan fingerprint density at radius 2 is 1.85 bits per heavy atom. The van der Waals surface area contributed by atoms with Gasteiger partial charge in [0.05, 0.1) is 0 Å². The summed E-state index contributed by atoms with van der Waals surface area (Å²) in [5, 5.41) is 0. The molecule has 0 saturated carbocycles. The SMILES string of the molecule is C=C(CN)c1c(F)cc(C)cc1F. The first-order valence-electron chi connectivity index (χ1n) is 3.90. The lowest BCUT2D eigenvalue weighted by atomic mass is 10.0. The fraction of sp³-hybridized carbons (Fsp3) is 0.200. The molecule has 0 amide bonds. The van der Waals surface area contributed by atoms with Crippen molar-refractivity contribution in [3.05, 3.63) is 41.5 Å². The van der Waals surface area contributed by atoms with E-state index in [9.17, 15) is 8.78 Å². The van der Waals surface area contributed by atoms with E-state index in [1.54, 1.807) is 6.92 Å². The van der Waals surface area contributed by atoms with Gasteiger partial charge in [-0.1, -0.05) is 6.58 Å². The molecule has 0 radical (unpaired) electrons. The van der Waals surface area contributed by atoms with Crippen LogP contribution in [0.2, 0.25) is 0 Å². The highest BCUT2D eigenvalue weighted by Gasteiger charge is 2.11. The third-order valence-corrected chi connectivity index (χ3v) is 1.79. The molecule has 2 N–H and O–H groups in total. The van der Waals surface area contributed by atoms with Gasteiger partial charge in [-0.3, -0.25) is 0 Å². The van der Waals surface area contributed by atoms with Crippen LogP contribution in [-0.2, 0) is 0 Å². The molecule has 13 heavy (non-hydrogen) atoms. The zero-order valence-electron chi connectivity index (χ0n) is 7.40. The first kappa shape index (κ1) is 9.86. The Hall–Kier alpha value is -1.22. The molecule has 3 heteroatoms. The van der Waals surface area contributed by atoms with Gasteiger partial charge in [0.2, 0.25) is 0 Å². The van der Waals surface area contributed by atoms with Crippen LogP contribution in [0, 0.1) is 18.6 Å². The predicted octanol–water partition coefficient (Wildman–Crippen LogP) is 2.25. The van der Waals surface area contributed by atoms with Gasteiger partial charge in [-0.25, -0.2) is 8.78 Å². The molecule has 0 saturated heterocycles. The van der Waals surface area contributed by atoms with Crippen LogP contribution in [-0.4, -0.2) is 6.54 Å². The van der Waals surface area contributed by atoms with Gasteiger partial charge in [-0.05, 0) is 30.2 Å². The summed E-state index contributed by atoms with van der Waals surface area (Å²) in [6, 6.07) is 2.53. The summed E-state index contributed by atoms with van der Waals surface area (Å²) in [6.45, 7) is 5.17. The van der Waals surface area contributed by atoms with E-state index < -0.39 is 11.6 Å². The minimum atomic E-state index is -0.604. The number of halogens is 2. The van der Waals surface area contributed by atoms with E-state index in [2.05, 4.69) is 6.58 Å². The Kier molecular flexibility index (Phi) is 2.78. The van der Waals surface area contributed by atoms with Crippen molar-refractivity contribution in [2.75, 3.05) is 6.54 Å². The van der Waals surface area contributed by atoms with E-state index in [4.69, 9.17) is 5.73 Å². The molecule has 1 aromatic rings. The van der Waals surface area contributed by atoms with Crippen molar-refractivity contribution in [1.29, 1.82) is 0 Å². The summed E-state index contributed by atoms with van der Waals surface area (Å²) in [6.07, 6.45) is 0. The molecular formula is C10H11F2N. The molecular weight excluding hydrogens is 172 g/mol. The van der Waals surface area contributed by atoms with Gasteiger partial charge < -0.3 is 5.73 Å². The molecule has 0 aliphatic heterocycles. The molecule has 0 heterocycles. The number of hydrogen-bond acceptors (Lipinski definition) is 1. The molecule has 0 spiro atoms. The molecule has 0 fully saturated rings. The number of rotatable bonds is 2. The van der Waals surface area contributed by atoms with Crippen LogP contribution in [0.3, 0.4) is 0 Å². The predicted molar refractivity (Wildman–Crippen MR) is 49.2 cm³/mol. The van der Waals surface area contributed by atoms with Crippen LogP contribution < -0.4 is 5.73 Å². The molecule has 70 valence electrons. The van der Waals surface area contributed by atoms with Crippen molar-refractivity contribution in [3.63, 3.8) is 0 Å². The summed E-state index contributed by atoms with van der Waals surface area (Å²) in [5.41, 5.74) is 5.96. The molecule has 0 aliphatic rings. The Morgan fingerprint density at radius 3 is 2.23 bits per heavy atom. The minimum absolute atomic E-state index is 0.0525. The summed E-state index contributed by atoms with van der Waals surface area (Å²) in [5.74, 6) is -1.21. The van der Waals surface area contributed by atoms with Gasteiger partial charge in [-0.2, -0.15) is 0 Å². The highest BCUT2D eigenvalue weighted by atomic mass is 19.1. The quantitative estimate of drug-likeness (QED) is 0.747. The summed E-state index contributed by atoms with van der Waals surface area (Å²) in [7, 11) is 0. The zero-order valence-corrected chi connectivity index (χ0v) is 7.40. The zero-order chi connectivity index (χ0) is 10.0. The second-order valence-corrected chi connectivity index (χ2v) is 2.91. The standard InChI is InChI=1S/C10H11F2N/c1-6-3-8(11)10(7(2)5-13)9(12)4-6/h3-4H,2,5,13H2,1H3. The normalized spacial score (nSPS) is 10.2. The first-order chi connectivity index (χ1) is 6.06. The molecule has 0 aliphatic carbocycles. The lowest BCUT2D eigenvalue weighted by Crippen LogP contribution is -2.05. The third kappa shape index (κ3) is 1.92. The van der Waals surface area contributed by atoms with E-state index in [1.807, 2.05) is 0 Å². The molecule has 1 rings (SSSR count). The molecule has 1 aromatic carbocycles. The lowest BCUT2D eigenvalue weighted by Gasteiger charge is -2.06. The van der Waals surface area contributed by atoms with Crippen LogP contribution in [0.5, 0.6) is 0 Å². The lowest BCUT2D eigenvalue weighted by molar-refractivity contribution is 0.574. The average Bonchev–Trinajstić information content (AvgIpc) is 2.02. The van der Waals surface area contributed by atoms with Crippen molar-refractivity contribution >= 4 is 5.57 Å². The van der Waals surface area contributed by atoms with E-state index in [0.29, 0.717) is 5.56 Å². The maximum Gasteiger partial charge on any atom is 0.133 e. The van der Waals surface area contributed by atoms with Gasteiger partial charge in [0.1, 0.15) is 11.6 Å². The van der Waals surface area contributed by atoms with Gasteiger partial charge >= 0.3 is 0 Å². The number of aryl methyl sites for hydroxylation is 1. The van der Waals surface area contributed by atoms with Crippen molar-refractivity contribution in [2.24, 2.45) is 5.73 Å². The Morgan fingerprint density at radius 1 is 1.38 bits per heavy atom. The Labute approximate surface area is 75.9 Å². The van der Waals surface area contributed by atoms with Crippen molar-refractivity contribution in [1.82, 2.24) is 0 Å². The Balaban J connectivity index is 3.28. The smallest absolute Gasteiger partial charge is 0.133 e. The monoisotopic (exact) mass is 183 g/mol. The van der Waals surface area contributed by atoms with Gasteiger partial charge in [0.15, 0.2) is 0 Å². The molecule has 0 aromatic heterocycles. The maximum atomic E-state index is 13.2. The highest BCUT2D eigenvalue weighted by Crippen LogP contribution is 2.20. The second kappa shape index (κ2) is 3.66. The van der Waals surface area contributed by atoms with Crippen molar-refractivity contribution in [2.45, 2.75) is 6.92 Å². The number of hydrogen-bond donors (Lipinski definition) is 1. The summed E-state index contributed by atoms with van der Waals surface area (Å²) >= 11 is 0. The largest absolute Gasteiger partial charge is 0.326 e. The van der Waals surface area contributed by atoms with Crippen molar-refractivity contribution in [3.8, 4) is 0 Å². The summed E-state index contributed by atoms with van der Waals surface area (Å²) < 4.78 is 26.4. The van der Waals surface area contributed by atoms with E-state index in [1.165, 1.54) is 12.1 Å². The van der Waals surface area contributed by atoms with Crippen LogP contribution in [0.15, 0.2) is 18.7 Å². The van der Waals surface area contributed by atoms with Gasteiger partial charge in [-0.15, -0.1) is 0 Å². The van der Waals surface area contributed by atoms with Gasteiger partial charge in [0, 0.05) is 12.1 Å². The average molecular weight is 183 g/mol. The molecule has 0 bridgehead atoms. The second-order valence-electron chi connectivity index (χ2n) is 2.91. The fourth-order valence-electron chi connectivity index (χ4n) is 1.14. The minimum Gasteiger partial charge on any atom is -0.326 e. The third-order valence-electron chi connectivity index (χ3n) is 1.79. The fourth-order valence-corrected chi connectivity index (χ4v) is 1.14.